The van der Waals surface area contributed by atoms with Crippen molar-refractivity contribution in [2.75, 3.05) is 17.2 Å². The number of anilines is 2. The molecule has 166 valence electrons. The number of carbonyl (C=O) groups is 3. The molecule has 0 unspecified atom stereocenters. The molecule has 1 aliphatic heterocycles. The van der Waals surface area contributed by atoms with Gasteiger partial charge in [0.2, 0.25) is 0 Å². The van der Waals surface area contributed by atoms with Gasteiger partial charge in [0, 0.05) is 23.5 Å². The summed E-state index contributed by atoms with van der Waals surface area (Å²) in [5.41, 5.74) is 3.57. The summed E-state index contributed by atoms with van der Waals surface area (Å²) in [4.78, 5) is 39.3. The van der Waals surface area contributed by atoms with Crippen LogP contribution in [0.3, 0.4) is 0 Å². The highest BCUT2D eigenvalue weighted by atomic mass is 35.5. The molecule has 0 fully saturated rings. The summed E-state index contributed by atoms with van der Waals surface area (Å²) in [6.45, 7) is 2.14. The predicted molar refractivity (Wildman–Crippen MR) is 129 cm³/mol. The number of rotatable bonds is 7. The Morgan fingerprint density at radius 3 is 2.39 bits per heavy atom. The molecule has 1 heterocycles. The number of hydrogen-bond acceptors (Lipinski definition) is 4. The van der Waals surface area contributed by atoms with Gasteiger partial charge in [0.05, 0.1) is 0 Å². The maximum absolute atomic E-state index is 12.9. The van der Waals surface area contributed by atoms with Crippen molar-refractivity contribution < 1.29 is 14.4 Å². The van der Waals surface area contributed by atoms with Crippen LogP contribution in [0.4, 0.5) is 11.4 Å². The Kier molecular flexibility index (Phi) is 6.56. The summed E-state index contributed by atoms with van der Waals surface area (Å²) in [7, 11) is 0. The Bertz CT molecular complexity index is 1250. The standard InChI is InChI=1S/C26H22ClN3O3/c1-17-8-5-6-13-21(17)29-24(31)19-11-7-12-20(16-19)28-23-22(27)25(32)30(26(23)33)15-14-18-9-3-2-4-10-18/h2-13,16,28H,14-15H2,1H3,(H,29,31). The summed E-state index contributed by atoms with van der Waals surface area (Å²) >= 11 is 6.20. The van der Waals surface area contributed by atoms with Crippen LogP contribution in [0, 0.1) is 6.92 Å². The summed E-state index contributed by atoms with van der Waals surface area (Å²) in [5.74, 6) is -1.31. The summed E-state index contributed by atoms with van der Waals surface area (Å²) < 4.78 is 0. The number of para-hydroxylation sites is 1. The smallest absolute Gasteiger partial charge is 0.278 e. The van der Waals surface area contributed by atoms with Crippen LogP contribution in [0.1, 0.15) is 21.5 Å². The SMILES string of the molecule is Cc1ccccc1NC(=O)c1cccc(NC2=C(Cl)C(=O)N(CCc3ccccc3)C2=O)c1. The monoisotopic (exact) mass is 459 g/mol. The van der Waals surface area contributed by atoms with E-state index in [0.717, 1.165) is 21.7 Å². The molecule has 3 amide bonds. The largest absolute Gasteiger partial charge is 0.350 e. The zero-order valence-corrected chi connectivity index (χ0v) is 18.7. The second-order valence-electron chi connectivity index (χ2n) is 7.66. The highest BCUT2D eigenvalue weighted by Gasteiger charge is 2.37. The van der Waals surface area contributed by atoms with Crippen molar-refractivity contribution >= 4 is 40.7 Å². The van der Waals surface area contributed by atoms with Crippen LogP contribution in [0.5, 0.6) is 0 Å². The molecule has 7 heteroatoms. The topological polar surface area (TPSA) is 78.5 Å². The Morgan fingerprint density at radius 1 is 0.909 bits per heavy atom. The lowest BCUT2D eigenvalue weighted by Crippen LogP contribution is -2.34. The molecule has 6 nitrogen and oxygen atoms in total. The van der Waals surface area contributed by atoms with Crippen molar-refractivity contribution in [3.63, 3.8) is 0 Å². The number of imide groups is 1. The van der Waals surface area contributed by atoms with E-state index >= 15 is 0 Å². The van der Waals surface area contributed by atoms with Gasteiger partial charge in [-0.05, 0) is 48.7 Å². The van der Waals surface area contributed by atoms with Crippen molar-refractivity contribution in [1.29, 1.82) is 0 Å². The van der Waals surface area contributed by atoms with Crippen molar-refractivity contribution in [2.24, 2.45) is 0 Å². The number of aryl methyl sites for hydroxylation is 1. The first-order chi connectivity index (χ1) is 15.9. The van der Waals surface area contributed by atoms with Gasteiger partial charge in [-0.15, -0.1) is 0 Å². The van der Waals surface area contributed by atoms with Crippen molar-refractivity contribution in [3.05, 3.63) is 106 Å². The van der Waals surface area contributed by atoms with Crippen molar-refractivity contribution in [1.82, 2.24) is 4.90 Å². The van der Waals surface area contributed by atoms with Crippen LogP contribution in [0.15, 0.2) is 89.6 Å². The number of hydrogen-bond donors (Lipinski definition) is 2. The van der Waals surface area contributed by atoms with Crippen LogP contribution in [-0.2, 0) is 16.0 Å². The summed E-state index contributed by atoms with van der Waals surface area (Å²) in [5, 5.41) is 5.64. The Labute approximate surface area is 196 Å². The van der Waals surface area contributed by atoms with E-state index in [-0.39, 0.29) is 23.2 Å². The van der Waals surface area contributed by atoms with Crippen molar-refractivity contribution in [2.45, 2.75) is 13.3 Å². The Balaban J connectivity index is 1.46. The van der Waals surface area contributed by atoms with E-state index in [2.05, 4.69) is 10.6 Å². The van der Waals surface area contributed by atoms with E-state index in [1.807, 2.05) is 61.5 Å². The van der Waals surface area contributed by atoms with Gasteiger partial charge in [-0.3, -0.25) is 19.3 Å². The molecule has 1 aliphatic rings. The minimum absolute atomic E-state index is 0.00573. The van der Waals surface area contributed by atoms with E-state index in [9.17, 15) is 14.4 Å². The van der Waals surface area contributed by atoms with Crippen LogP contribution in [0.25, 0.3) is 0 Å². The molecule has 3 aromatic carbocycles. The fourth-order valence-corrected chi connectivity index (χ4v) is 3.76. The minimum atomic E-state index is -0.534. The fraction of sp³-hybridized carbons (Fsp3) is 0.115. The van der Waals surface area contributed by atoms with Gasteiger partial charge in [-0.25, -0.2) is 0 Å². The van der Waals surface area contributed by atoms with Gasteiger partial charge >= 0.3 is 0 Å². The molecule has 0 atom stereocenters. The third-order valence-corrected chi connectivity index (χ3v) is 5.72. The molecule has 0 radical (unpaired) electrons. The van der Waals surface area contributed by atoms with Gasteiger partial charge < -0.3 is 10.6 Å². The van der Waals surface area contributed by atoms with E-state index in [1.54, 1.807) is 24.3 Å². The number of nitrogens with one attached hydrogen (secondary N) is 2. The van der Waals surface area contributed by atoms with Gasteiger partial charge in [-0.1, -0.05) is 66.2 Å². The second kappa shape index (κ2) is 9.71. The van der Waals surface area contributed by atoms with Crippen LogP contribution in [-0.4, -0.2) is 29.2 Å². The molecule has 0 aliphatic carbocycles. The maximum Gasteiger partial charge on any atom is 0.278 e. The fourth-order valence-electron chi connectivity index (χ4n) is 3.53. The zero-order chi connectivity index (χ0) is 23.4. The summed E-state index contributed by atoms with van der Waals surface area (Å²) in [6, 6.07) is 23.7. The zero-order valence-electron chi connectivity index (χ0n) is 18.0. The van der Waals surface area contributed by atoms with Crippen LogP contribution in [0.2, 0.25) is 0 Å². The second-order valence-corrected chi connectivity index (χ2v) is 8.04. The van der Waals surface area contributed by atoms with E-state index < -0.39 is 11.8 Å². The highest BCUT2D eigenvalue weighted by Crippen LogP contribution is 2.26. The number of carbonyl (C=O) groups excluding carboxylic acids is 3. The first-order valence-electron chi connectivity index (χ1n) is 10.5. The first-order valence-corrected chi connectivity index (χ1v) is 10.9. The van der Waals surface area contributed by atoms with Gasteiger partial charge in [0.1, 0.15) is 10.7 Å². The number of benzene rings is 3. The molecular weight excluding hydrogens is 438 g/mol. The average Bonchev–Trinajstić information content (AvgIpc) is 3.03. The van der Waals surface area contributed by atoms with Crippen LogP contribution >= 0.6 is 11.6 Å². The lowest BCUT2D eigenvalue weighted by molar-refractivity contribution is -0.137. The quantitative estimate of drug-likeness (QED) is 0.501. The van der Waals surface area contributed by atoms with E-state index in [1.165, 1.54) is 0 Å². The van der Waals surface area contributed by atoms with Crippen molar-refractivity contribution in [3.8, 4) is 0 Å². The van der Waals surface area contributed by atoms with Gasteiger partial charge in [-0.2, -0.15) is 0 Å². The minimum Gasteiger partial charge on any atom is -0.350 e. The molecule has 3 aromatic rings. The molecule has 0 spiro atoms. The normalized spacial score (nSPS) is 13.5. The average molecular weight is 460 g/mol. The number of amides is 3. The molecule has 0 bridgehead atoms. The van der Waals surface area contributed by atoms with Gasteiger partial charge in [0.25, 0.3) is 17.7 Å². The molecule has 4 rings (SSSR count). The van der Waals surface area contributed by atoms with E-state index in [4.69, 9.17) is 11.6 Å². The Hall–Kier alpha value is -3.90. The number of nitrogens with zero attached hydrogens (tertiary/aromatic N) is 1. The van der Waals surface area contributed by atoms with E-state index in [0.29, 0.717) is 17.7 Å². The molecule has 33 heavy (non-hydrogen) atoms. The lowest BCUT2D eigenvalue weighted by atomic mass is 10.1. The molecule has 0 saturated heterocycles. The molecule has 2 N–H and O–H groups in total. The number of halogens is 1. The lowest BCUT2D eigenvalue weighted by Gasteiger charge is -2.15. The third kappa shape index (κ3) is 4.96. The first kappa shape index (κ1) is 22.3. The molecular formula is C26H22ClN3O3. The highest BCUT2D eigenvalue weighted by molar-refractivity contribution is 6.48. The van der Waals surface area contributed by atoms with Gasteiger partial charge in [0.15, 0.2) is 0 Å². The molecule has 0 aromatic heterocycles. The predicted octanol–water partition coefficient (Wildman–Crippen LogP) is 4.72. The van der Waals surface area contributed by atoms with Crippen LogP contribution < -0.4 is 10.6 Å². The summed E-state index contributed by atoms with van der Waals surface area (Å²) in [6.07, 6.45) is 0.532. The maximum atomic E-state index is 12.9. The molecule has 0 saturated carbocycles. The Morgan fingerprint density at radius 2 is 1.64 bits per heavy atom. The third-order valence-electron chi connectivity index (χ3n) is 5.37.